The molecule has 1 unspecified atom stereocenters. The van der Waals surface area contributed by atoms with Crippen molar-refractivity contribution < 1.29 is 14.3 Å². The van der Waals surface area contributed by atoms with E-state index in [9.17, 15) is 14.4 Å². The van der Waals surface area contributed by atoms with Crippen LogP contribution < -0.4 is 10.9 Å². The van der Waals surface area contributed by atoms with E-state index in [1.54, 1.807) is 47.5 Å². The first-order valence-corrected chi connectivity index (χ1v) is 13.3. The molecule has 1 aliphatic rings. The van der Waals surface area contributed by atoms with Crippen molar-refractivity contribution in [2.75, 3.05) is 17.7 Å². The molecule has 0 radical (unpaired) electrons. The number of carbonyl (C=O) groups is 2. The molecule has 3 aromatic rings. The molecule has 1 atom stereocenters. The fourth-order valence-electron chi connectivity index (χ4n) is 3.76. The minimum absolute atomic E-state index is 0.0299. The lowest BCUT2D eigenvalue weighted by Crippen LogP contribution is -2.27. The van der Waals surface area contributed by atoms with Crippen molar-refractivity contribution in [2.24, 2.45) is 0 Å². The number of nitrogens with zero attached hydrogens (tertiary/aromatic N) is 2. The number of rotatable bonds is 9. The molecule has 0 saturated carbocycles. The lowest BCUT2D eigenvalue weighted by molar-refractivity contribution is -0.113. The summed E-state index contributed by atoms with van der Waals surface area (Å²) in [5, 5.41) is 3.71. The Labute approximate surface area is 212 Å². The second-order valence-corrected chi connectivity index (χ2v) is 10.5. The Hall–Kier alpha value is -3.04. The molecule has 7 nitrogen and oxygen atoms in total. The first-order chi connectivity index (χ1) is 16.9. The van der Waals surface area contributed by atoms with Gasteiger partial charge >= 0.3 is 5.97 Å². The van der Waals surface area contributed by atoms with Crippen molar-refractivity contribution in [3.05, 3.63) is 81.8 Å². The maximum atomic E-state index is 13.3. The normalized spacial score (nSPS) is 14.4. The highest BCUT2D eigenvalue weighted by Crippen LogP contribution is 2.34. The lowest BCUT2D eigenvalue weighted by Gasteiger charge is -2.14. The van der Waals surface area contributed by atoms with Crippen LogP contribution in [0.5, 0.6) is 0 Å². The third-order valence-corrected chi connectivity index (χ3v) is 7.63. The van der Waals surface area contributed by atoms with Gasteiger partial charge in [0.2, 0.25) is 5.91 Å². The van der Waals surface area contributed by atoms with E-state index in [1.807, 2.05) is 30.3 Å². The van der Waals surface area contributed by atoms with Crippen molar-refractivity contribution in [1.29, 1.82) is 0 Å². The number of benzene rings is 2. The Kier molecular flexibility index (Phi) is 8.30. The van der Waals surface area contributed by atoms with E-state index in [-0.39, 0.29) is 17.2 Å². The Morgan fingerprint density at radius 1 is 1.17 bits per heavy atom. The predicted octanol–water partition coefficient (Wildman–Crippen LogP) is 4.43. The van der Waals surface area contributed by atoms with Crippen LogP contribution in [0, 0.1) is 0 Å². The van der Waals surface area contributed by atoms with Crippen molar-refractivity contribution in [1.82, 2.24) is 9.55 Å². The summed E-state index contributed by atoms with van der Waals surface area (Å²) in [6.07, 6.45) is 1.45. The van der Waals surface area contributed by atoms with Crippen LogP contribution in [-0.2, 0) is 28.9 Å². The van der Waals surface area contributed by atoms with Crippen molar-refractivity contribution in [3.63, 3.8) is 0 Å². The highest BCUT2D eigenvalue weighted by molar-refractivity contribution is 8.00. The number of carbonyl (C=O) groups excluding carboxylic acids is 2. The largest absolute Gasteiger partial charge is 0.462 e. The number of hydrogen-bond acceptors (Lipinski definition) is 7. The van der Waals surface area contributed by atoms with E-state index in [4.69, 9.17) is 9.72 Å². The standard InChI is InChI=1S/C26H27N3O4S2/c1-3-33-25(32)19-9-11-20(12-10-19)27-22(30)16-34-26-28-21-15-17(2)35-23(21)24(31)29(26)14-13-18-7-5-4-6-8-18/h4-12,17H,3,13-16H2,1-2H3,(H,27,30). The zero-order valence-corrected chi connectivity index (χ0v) is 21.3. The van der Waals surface area contributed by atoms with Gasteiger partial charge in [-0.2, -0.15) is 0 Å². The first kappa shape index (κ1) is 25.1. The quantitative estimate of drug-likeness (QED) is 0.259. The number of ether oxygens (including phenoxy) is 1. The molecule has 0 spiro atoms. The van der Waals surface area contributed by atoms with Crippen LogP contribution in [0.2, 0.25) is 0 Å². The van der Waals surface area contributed by atoms with Gasteiger partial charge in [0.05, 0.1) is 28.5 Å². The molecule has 1 N–H and O–H groups in total. The van der Waals surface area contributed by atoms with E-state index in [0.29, 0.717) is 41.2 Å². The molecule has 4 rings (SSSR count). The fraction of sp³-hybridized carbons (Fsp3) is 0.308. The van der Waals surface area contributed by atoms with Crippen molar-refractivity contribution in [3.8, 4) is 0 Å². The predicted molar refractivity (Wildman–Crippen MR) is 139 cm³/mol. The second-order valence-electron chi connectivity index (χ2n) is 8.13. The molecular formula is C26H27N3O4S2. The van der Waals surface area contributed by atoms with Crippen LogP contribution in [0.15, 0.2) is 69.4 Å². The summed E-state index contributed by atoms with van der Waals surface area (Å²) in [7, 11) is 0. The summed E-state index contributed by atoms with van der Waals surface area (Å²) >= 11 is 2.84. The fourth-order valence-corrected chi connectivity index (χ4v) is 5.71. The summed E-state index contributed by atoms with van der Waals surface area (Å²) in [5.74, 6) is -0.505. The van der Waals surface area contributed by atoms with Crippen LogP contribution in [0.25, 0.3) is 0 Å². The molecule has 182 valence electrons. The number of amides is 1. The number of aromatic nitrogens is 2. The number of hydrogen-bond donors (Lipinski definition) is 1. The van der Waals surface area contributed by atoms with Gasteiger partial charge in [0.25, 0.3) is 5.56 Å². The van der Waals surface area contributed by atoms with Crippen molar-refractivity contribution in [2.45, 2.75) is 48.5 Å². The Balaban J connectivity index is 1.45. The van der Waals surface area contributed by atoms with Gasteiger partial charge in [-0.1, -0.05) is 49.0 Å². The molecule has 35 heavy (non-hydrogen) atoms. The number of aryl methyl sites for hydroxylation is 1. The number of thioether (sulfide) groups is 2. The molecule has 0 saturated heterocycles. The van der Waals surface area contributed by atoms with Gasteiger partial charge in [0, 0.05) is 23.9 Å². The van der Waals surface area contributed by atoms with Crippen LogP contribution in [0.4, 0.5) is 5.69 Å². The highest BCUT2D eigenvalue weighted by atomic mass is 32.2. The topological polar surface area (TPSA) is 90.3 Å². The van der Waals surface area contributed by atoms with Gasteiger partial charge in [-0.15, -0.1) is 11.8 Å². The lowest BCUT2D eigenvalue weighted by atomic mass is 10.1. The van der Waals surface area contributed by atoms with Gasteiger partial charge in [-0.05, 0) is 43.2 Å². The van der Waals surface area contributed by atoms with Crippen LogP contribution in [-0.4, -0.2) is 39.0 Å². The molecule has 1 amide bonds. The Bertz CT molecular complexity index is 1260. The molecular weight excluding hydrogens is 482 g/mol. The van der Waals surface area contributed by atoms with Crippen LogP contribution >= 0.6 is 23.5 Å². The molecule has 1 aliphatic heterocycles. The first-order valence-electron chi connectivity index (χ1n) is 11.5. The number of fused-ring (bicyclic) bond motifs is 1. The van der Waals surface area contributed by atoms with Gasteiger partial charge in [0.1, 0.15) is 0 Å². The monoisotopic (exact) mass is 509 g/mol. The van der Waals surface area contributed by atoms with Crippen LogP contribution in [0.1, 0.15) is 35.5 Å². The minimum Gasteiger partial charge on any atom is -0.462 e. The van der Waals surface area contributed by atoms with Crippen LogP contribution in [0.3, 0.4) is 0 Å². The molecule has 0 aliphatic carbocycles. The average molecular weight is 510 g/mol. The van der Waals surface area contributed by atoms with E-state index < -0.39 is 5.97 Å². The molecule has 9 heteroatoms. The average Bonchev–Trinajstić information content (AvgIpc) is 3.24. The number of anilines is 1. The third kappa shape index (κ3) is 6.35. The zero-order chi connectivity index (χ0) is 24.8. The summed E-state index contributed by atoms with van der Waals surface area (Å²) in [5.41, 5.74) is 2.94. The van der Waals surface area contributed by atoms with Gasteiger partial charge in [0.15, 0.2) is 5.16 Å². The van der Waals surface area contributed by atoms with E-state index in [1.165, 1.54) is 11.8 Å². The zero-order valence-electron chi connectivity index (χ0n) is 19.7. The maximum absolute atomic E-state index is 13.3. The smallest absolute Gasteiger partial charge is 0.338 e. The van der Waals surface area contributed by atoms with Crippen molar-refractivity contribution >= 4 is 41.1 Å². The number of nitrogens with one attached hydrogen (secondary N) is 1. The van der Waals surface area contributed by atoms with Gasteiger partial charge in [-0.25, -0.2) is 9.78 Å². The summed E-state index contributed by atoms with van der Waals surface area (Å²) in [6, 6.07) is 16.6. The van der Waals surface area contributed by atoms with E-state index in [0.717, 1.165) is 22.6 Å². The Morgan fingerprint density at radius 3 is 2.63 bits per heavy atom. The maximum Gasteiger partial charge on any atom is 0.338 e. The molecule has 0 fully saturated rings. The minimum atomic E-state index is -0.399. The SMILES string of the molecule is CCOC(=O)c1ccc(NC(=O)CSc2nc3c(c(=O)n2CCc2ccccc2)SC(C)C3)cc1. The summed E-state index contributed by atoms with van der Waals surface area (Å²) < 4.78 is 6.68. The van der Waals surface area contributed by atoms with Gasteiger partial charge in [-0.3, -0.25) is 14.2 Å². The molecule has 0 bridgehead atoms. The third-order valence-electron chi connectivity index (χ3n) is 5.44. The molecule has 2 aromatic carbocycles. The molecule has 2 heterocycles. The molecule has 1 aromatic heterocycles. The van der Waals surface area contributed by atoms with E-state index in [2.05, 4.69) is 12.2 Å². The number of esters is 1. The highest BCUT2D eigenvalue weighted by Gasteiger charge is 2.26. The van der Waals surface area contributed by atoms with E-state index >= 15 is 0 Å². The van der Waals surface area contributed by atoms with Gasteiger partial charge < -0.3 is 10.1 Å². The summed E-state index contributed by atoms with van der Waals surface area (Å²) in [4.78, 5) is 43.2. The summed E-state index contributed by atoms with van der Waals surface area (Å²) in [6.45, 7) is 4.64. The second kappa shape index (κ2) is 11.6. The Morgan fingerprint density at radius 2 is 1.91 bits per heavy atom.